The minimum atomic E-state index is -0.445. The zero-order chi connectivity index (χ0) is 14.2. The van der Waals surface area contributed by atoms with Gasteiger partial charge in [0.15, 0.2) is 0 Å². The first-order chi connectivity index (χ1) is 8.84. The zero-order valence-corrected chi connectivity index (χ0v) is 12.1. The van der Waals surface area contributed by atoms with Gasteiger partial charge in [-0.3, -0.25) is 4.57 Å². The predicted octanol–water partition coefficient (Wildman–Crippen LogP) is 0.588. The van der Waals surface area contributed by atoms with Gasteiger partial charge in [-0.1, -0.05) is 19.8 Å². The van der Waals surface area contributed by atoms with E-state index in [-0.39, 0.29) is 11.1 Å². The highest BCUT2D eigenvalue weighted by atomic mass is 16.2. The largest absolute Gasteiger partial charge is 0.354 e. The molecule has 0 radical (unpaired) electrons. The Kier molecular flexibility index (Phi) is 3.52. The third kappa shape index (κ3) is 2.57. The lowest BCUT2D eigenvalue weighted by Gasteiger charge is -2.24. The van der Waals surface area contributed by atoms with E-state index >= 15 is 0 Å². The summed E-state index contributed by atoms with van der Waals surface area (Å²) < 4.78 is 2.71. The van der Waals surface area contributed by atoms with Crippen LogP contribution in [0.15, 0.2) is 9.59 Å². The summed E-state index contributed by atoms with van der Waals surface area (Å²) in [7, 11) is 5.19. The van der Waals surface area contributed by atoms with E-state index < -0.39 is 5.69 Å². The van der Waals surface area contributed by atoms with Gasteiger partial charge in [0.2, 0.25) is 5.95 Å². The van der Waals surface area contributed by atoms with Gasteiger partial charge in [0.05, 0.1) is 0 Å². The van der Waals surface area contributed by atoms with E-state index in [1.54, 1.807) is 26.0 Å². The first-order valence-corrected chi connectivity index (χ1v) is 6.69. The van der Waals surface area contributed by atoms with Crippen LogP contribution in [0.1, 0.15) is 32.6 Å². The van der Waals surface area contributed by atoms with Gasteiger partial charge >= 0.3 is 11.4 Å². The van der Waals surface area contributed by atoms with E-state index in [4.69, 9.17) is 0 Å². The lowest BCUT2D eigenvalue weighted by atomic mass is 9.89. The lowest BCUT2D eigenvalue weighted by Crippen LogP contribution is -2.45. The molecule has 0 saturated heterocycles. The highest BCUT2D eigenvalue weighted by molar-refractivity contribution is 5.25. The molecule has 0 spiro atoms. The van der Waals surface area contributed by atoms with E-state index in [0.717, 1.165) is 12.8 Å². The van der Waals surface area contributed by atoms with Crippen LogP contribution in [0.2, 0.25) is 0 Å². The molecule has 0 bridgehead atoms. The molecule has 0 atom stereocenters. The second kappa shape index (κ2) is 4.83. The normalized spacial score (nSPS) is 17.7. The monoisotopic (exact) mass is 266 g/mol. The van der Waals surface area contributed by atoms with Crippen molar-refractivity contribution in [1.82, 2.24) is 14.1 Å². The molecule has 1 aromatic rings. The fourth-order valence-electron chi connectivity index (χ4n) is 2.87. The number of nitrogens with zero attached hydrogens (tertiary/aromatic N) is 4. The average molecular weight is 266 g/mol. The molecule has 2 rings (SSSR count). The fourth-order valence-corrected chi connectivity index (χ4v) is 2.87. The van der Waals surface area contributed by atoms with Gasteiger partial charge in [-0.25, -0.2) is 14.2 Å². The van der Waals surface area contributed by atoms with Gasteiger partial charge < -0.3 is 4.90 Å². The summed E-state index contributed by atoms with van der Waals surface area (Å²) in [4.78, 5) is 30.0. The van der Waals surface area contributed by atoms with E-state index in [1.165, 1.54) is 22.0 Å². The van der Waals surface area contributed by atoms with Crippen molar-refractivity contribution >= 4 is 5.95 Å². The van der Waals surface area contributed by atoms with Crippen LogP contribution < -0.4 is 16.3 Å². The number of anilines is 1. The highest BCUT2D eigenvalue weighted by Crippen LogP contribution is 2.38. The van der Waals surface area contributed by atoms with Crippen LogP contribution in [-0.4, -0.2) is 28.2 Å². The Hall–Kier alpha value is -1.59. The van der Waals surface area contributed by atoms with Crippen molar-refractivity contribution in [3.8, 4) is 0 Å². The summed E-state index contributed by atoms with van der Waals surface area (Å²) in [6.45, 7) is 2.62. The lowest BCUT2D eigenvalue weighted by molar-refractivity contribution is 0.267. The first-order valence-electron chi connectivity index (χ1n) is 6.69. The summed E-state index contributed by atoms with van der Waals surface area (Å²) in [5, 5.41) is 0. The molecule has 0 aromatic carbocycles. The molecule has 1 heterocycles. The third-order valence-corrected chi connectivity index (χ3v) is 3.99. The van der Waals surface area contributed by atoms with Crippen LogP contribution in [0.5, 0.6) is 0 Å². The highest BCUT2D eigenvalue weighted by Gasteiger charge is 2.30. The zero-order valence-electron chi connectivity index (χ0n) is 12.1. The molecule has 6 heteroatoms. The number of hydrogen-bond donors (Lipinski definition) is 0. The number of aromatic nitrogens is 3. The van der Waals surface area contributed by atoms with Crippen molar-refractivity contribution in [3.63, 3.8) is 0 Å². The van der Waals surface area contributed by atoms with Crippen LogP contribution in [0.25, 0.3) is 0 Å². The van der Waals surface area contributed by atoms with Gasteiger partial charge in [0, 0.05) is 27.7 Å². The average Bonchev–Trinajstić information content (AvgIpc) is 2.76. The van der Waals surface area contributed by atoms with Crippen molar-refractivity contribution in [2.75, 3.05) is 19.0 Å². The van der Waals surface area contributed by atoms with Crippen LogP contribution in [0, 0.1) is 5.41 Å². The van der Waals surface area contributed by atoms with Gasteiger partial charge in [-0.05, 0) is 18.3 Å². The molecule has 106 valence electrons. The minimum Gasteiger partial charge on any atom is -0.348 e. The topological polar surface area (TPSA) is 60.1 Å². The van der Waals surface area contributed by atoms with Crippen molar-refractivity contribution in [3.05, 3.63) is 21.0 Å². The second-order valence-electron chi connectivity index (χ2n) is 6.03. The van der Waals surface area contributed by atoms with E-state index in [1.807, 2.05) is 0 Å². The summed E-state index contributed by atoms with van der Waals surface area (Å²) in [5.74, 6) is 0.392. The van der Waals surface area contributed by atoms with Crippen molar-refractivity contribution < 1.29 is 0 Å². The van der Waals surface area contributed by atoms with Gasteiger partial charge in [-0.2, -0.15) is 4.98 Å². The molecule has 1 aliphatic rings. The number of hydrogen-bond acceptors (Lipinski definition) is 4. The number of rotatable bonds is 3. The Morgan fingerprint density at radius 3 is 2.37 bits per heavy atom. The van der Waals surface area contributed by atoms with Crippen molar-refractivity contribution in [2.24, 2.45) is 12.5 Å². The smallest absolute Gasteiger partial charge is 0.348 e. The van der Waals surface area contributed by atoms with E-state index in [9.17, 15) is 9.59 Å². The summed E-state index contributed by atoms with van der Waals surface area (Å²) in [6.07, 6.45) is 4.49. The molecule has 1 aromatic heterocycles. The second-order valence-corrected chi connectivity index (χ2v) is 6.03. The molecular formula is C13H22N4O2. The Balaban J connectivity index is 2.45. The molecule has 0 unspecified atom stereocenters. The quantitative estimate of drug-likeness (QED) is 0.803. The molecular weight excluding hydrogens is 244 g/mol. The Morgan fingerprint density at radius 1 is 1.26 bits per heavy atom. The molecule has 1 saturated carbocycles. The summed E-state index contributed by atoms with van der Waals surface area (Å²) in [5.41, 5.74) is -0.672. The van der Waals surface area contributed by atoms with Crippen LogP contribution in [0.3, 0.4) is 0 Å². The molecule has 6 nitrogen and oxygen atoms in total. The Morgan fingerprint density at radius 2 is 1.84 bits per heavy atom. The Bertz CT molecular complexity index is 579. The van der Waals surface area contributed by atoms with Crippen molar-refractivity contribution in [2.45, 2.75) is 39.2 Å². The minimum absolute atomic E-state index is 0.0529. The van der Waals surface area contributed by atoms with Crippen LogP contribution in [-0.2, 0) is 13.6 Å². The maximum Gasteiger partial charge on any atom is 0.354 e. The standard InChI is InChI=1S/C13H22N4O2/c1-13(7-5-6-8-13)9-17-11(18)14-10(15(2)3)16(4)12(17)19/h5-9H2,1-4H3. The van der Waals surface area contributed by atoms with Crippen LogP contribution in [0.4, 0.5) is 5.95 Å². The molecule has 19 heavy (non-hydrogen) atoms. The first kappa shape index (κ1) is 13.8. The maximum absolute atomic E-state index is 12.3. The predicted molar refractivity (Wildman–Crippen MR) is 74.6 cm³/mol. The molecule has 1 aliphatic carbocycles. The summed E-state index contributed by atoms with van der Waals surface area (Å²) in [6, 6.07) is 0. The molecule has 0 N–H and O–H groups in total. The maximum atomic E-state index is 12.3. The SMILES string of the molecule is CN(C)c1nc(=O)n(CC2(C)CCCC2)c(=O)n1C. The van der Waals surface area contributed by atoms with Gasteiger partial charge in [0.25, 0.3) is 0 Å². The third-order valence-electron chi connectivity index (χ3n) is 3.99. The molecule has 0 amide bonds. The van der Waals surface area contributed by atoms with Crippen molar-refractivity contribution in [1.29, 1.82) is 0 Å². The van der Waals surface area contributed by atoms with E-state index in [2.05, 4.69) is 11.9 Å². The molecule has 1 fully saturated rings. The van der Waals surface area contributed by atoms with Crippen LogP contribution >= 0.6 is 0 Å². The summed E-state index contributed by atoms with van der Waals surface area (Å²) >= 11 is 0. The molecule has 0 aliphatic heterocycles. The van der Waals surface area contributed by atoms with Gasteiger partial charge in [0.1, 0.15) is 0 Å². The van der Waals surface area contributed by atoms with E-state index in [0.29, 0.717) is 12.5 Å². The Labute approximate surface area is 112 Å². The fraction of sp³-hybridized carbons (Fsp3) is 0.769. The van der Waals surface area contributed by atoms with Gasteiger partial charge in [-0.15, -0.1) is 0 Å².